The van der Waals surface area contributed by atoms with E-state index < -0.39 is 27.6 Å². The summed E-state index contributed by atoms with van der Waals surface area (Å²) in [5.41, 5.74) is 0.803. The maximum atomic E-state index is 12.7. The van der Waals surface area contributed by atoms with Gasteiger partial charge in [-0.25, -0.2) is 8.42 Å². The Morgan fingerprint density at radius 3 is 2.65 bits per heavy atom. The predicted molar refractivity (Wildman–Crippen MR) is 81.1 cm³/mol. The average Bonchev–Trinajstić information content (AvgIpc) is 3.23. The third-order valence-electron chi connectivity index (χ3n) is 4.43. The minimum atomic E-state index is -3.13. The van der Waals surface area contributed by atoms with Crippen LogP contribution in [0.25, 0.3) is 0 Å². The molecule has 23 heavy (non-hydrogen) atoms. The van der Waals surface area contributed by atoms with Crippen molar-refractivity contribution in [1.82, 2.24) is 9.88 Å². The molecule has 1 saturated carbocycles. The molecule has 0 bridgehead atoms. The number of carboxylic acids is 1. The molecule has 1 aliphatic heterocycles. The molecule has 124 valence electrons. The highest BCUT2D eigenvalue weighted by atomic mass is 32.2. The van der Waals surface area contributed by atoms with Crippen LogP contribution in [0.4, 0.5) is 0 Å². The summed E-state index contributed by atoms with van der Waals surface area (Å²) in [7, 11) is -3.13. The lowest BCUT2D eigenvalue weighted by Gasteiger charge is -2.28. The van der Waals surface area contributed by atoms with Gasteiger partial charge in [0, 0.05) is 25.0 Å². The maximum Gasteiger partial charge on any atom is 0.307 e. The molecule has 1 unspecified atom stereocenters. The maximum absolute atomic E-state index is 12.7. The Balaban J connectivity index is 1.79. The van der Waals surface area contributed by atoms with Crippen LogP contribution >= 0.6 is 0 Å². The van der Waals surface area contributed by atoms with Crippen LogP contribution in [0.2, 0.25) is 0 Å². The lowest BCUT2D eigenvalue weighted by Crippen LogP contribution is -2.42. The molecule has 2 heterocycles. The zero-order chi connectivity index (χ0) is 16.6. The number of rotatable bonds is 5. The fraction of sp³-hybridized carbons (Fsp3) is 0.533. The van der Waals surface area contributed by atoms with Crippen LogP contribution in [0, 0.1) is 11.8 Å². The van der Waals surface area contributed by atoms with Gasteiger partial charge < -0.3 is 10.0 Å². The zero-order valence-corrected chi connectivity index (χ0v) is 13.3. The van der Waals surface area contributed by atoms with E-state index in [0.717, 1.165) is 5.56 Å². The summed E-state index contributed by atoms with van der Waals surface area (Å²) >= 11 is 0. The molecule has 7 nitrogen and oxygen atoms in total. The van der Waals surface area contributed by atoms with Gasteiger partial charge in [-0.3, -0.25) is 14.6 Å². The van der Waals surface area contributed by atoms with Crippen molar-refractivity contribution in [3.05, 3.63) is 30.1 Å². The van der Waals surface area contributed by atoms with Gasteiger partial charge in [0.25, 0.3) is 0 Å². The normalized spacial score (nSPS) is 28.3. The number of sulfone groups is 1. The molecule has 0 aromatic carbocycles. The number of aromatic nitrogens is 1. The second-order valence-electron chi connectivity index (χ2n) is 6.17. The second kappa shape index (κ2) is 5.92. The first-order valence-corrected chi connectivity index (χ1v) is 9.32. The molecule has 2 aliphatic rings. The van der Waals surface area contributed by atoms with Gasteiger partial charge in [0.2, 0.25) is 5.91 Å². The fourth-order valence-corrected chi connectivity index (χ4v) is 4.78. The Kier molecular flexibility index (Phi) is 4.09. The van der Waals surface area contributed by atoms with E-state index in [0.29, 0.717) is 12.8 Å². The smallest absolute Gasteiger partial charge is 0.307 e. The molecule has 1 saturated heterocycles. The van der Waals surface area contributed by atoms with Crippen molar-refractivity contribution < 1.29 is 23.1 Å². The number of carbonyl (C=O) groups excluding carboxylic acids is 1. The van der Waals surface area contributed by atoms with Crippen LogP contribution in [0.15, 0.2) is 24.5 Å². The molecule has 1 N–H and O–H groups in total. The number of pyridine rings is 1. The van der Waals surface area contributed by atoms with Gasteiger partial charge in [-0.2, -0.15) is 0 Å². The lowest BCUT2D eigenvalue weighted by atomic mass is 10.1. The van der Waals surface area contributed by atoms with Crippen molar-refractivity contribution in [2.75, 3.05) is 11.5 Å². The zero-order valence-electron chi connectivity index (χ0n) is 12.5. The standard InChI is InChI=1S/C15H18N2O5S/c18-14(12-6-13(12)15(19)20)17(8-10-2-1-4-16-7-10)11-3-5-23(21,22)9-11/h1-2,4,7,11-13H,3,5-6,8-9H2,(H,19,20)/t11?,12-,13-/m1/s1. The van der Waals surface area contributed by atoms with Crippen LogP contribution in [0.1, 0.15) is 18.4 Å². The minimum absolute atomic E-state index is 0.0521. The topological polar surface area (TPSA) is 105 Å². The Labute approximate surface area is 134 Å². The molecular formula is C15H18N2O5S. The SMILES string of the molecule is O=C(O)[C@@H]1C[C@H]1C(=O)N(Cc1cccnc1)C1CCS(=O)(=O)C1. The quantitative estimate of drug-likeness (QED) is 0.829. The van der Waals surface area contributed by atoms with E-state index in [-0.39, 0.29) is 30.0 Å². The van der Waals surface area contributed by atoms with E-state index in [1.54, 1.807) is 18.5 Å². The van der Waals surface area contributed by atoms with Gasteiger partial charge in [0.1, 0.15) is 0 Å². The van der Waals surface area contributed by atoms with Crippen LogP contribution in [-0.4, -0.2) is 52.8 Å². The molecule has 1 aliphatic carbocycles. The van der Waals surface area contributed by atoms with E-state index in [9.17, 15) is 18.0 Å². The van der Waals surface area contributed by atoms with Gasteiger partial charge in [-0.15, -0.1) is 0 Å². The summed E-state index contributed by atoms with van der Waals surface area (Å²) in [4.78, 5) is 29.2. The number of aliphatic carboxylic acids is 1. The van der Waals surface area contributed by atoms with E-state index in [1.807, 2.05) is 6.07 Å². The molecule has 3 atom stereocenters. The molecule has 1 aromatic heterocycles. The van der Waals surface area contributed by atoms with Gasteiger partial charge in [-0.05, 0) is 24.5 Å². The third kappa shape index (κ3) is 3.52. The number of carbonyl (C=O) groups is 2. The van der Waals surface area contributed by atoms with Crippen molar-refractivity contribution in [3.63, 3.8) is 0 Å². The van der Waals surface area contributed by atoms with Crippen molar-refractivity contribution >= 4 is 21.7 Å². The van der Waals surface area contributed by atoms with E-state index in [4.69, 9.17) is 5.11 Å². The summed E-state index contributed by atoms with van der Waals surface area (Å²) in [5, 5.41) is 9.02. The second-order valence-corrected chi connectivity index (χ2v) is 8.40. The van der Waals surface area contributed by atoms with Crippen molar-refractivity contribution in [2.24, 2.45) is 11.8 Å². The molecular weight excluding hydrogens is 320 g/mol. The molecule has 1 amide bonds. The summed E-state index contributed by atoms with van der Waals surface area (Å²) in [6.07, 6.45) is 3.98. The molecule has 2 fully saturated rings. The monoisotopic (exact) mass is 338 g/mol. The van der Waals surface area contributed by atoms with Crippen molar-refractivity contribution in [2.45, 2.75) is 25.4 Å². The molecule has 0 spiro atoms. The molecule has 0 radical (unpaired) electrons. The Hall–Kier alpha value is -1.96. The van der Waals surface area contributed by atoms with Crippen LogP contribution in [-0.2, 0) is 26.0 Å². The minimum Gasteiger partial charge on any atom is -0.481 e. The van der Waals surface area contributed by atoms with Gasteiger partial charge in [-0.1, -0.05) is 6.07 Å². The number of hydrogen-bond acceptors (Lipinski definition) is 5. The summed E-state index contributed by atoms with van der Waals surface area (Å²) in [6, 6.07) is 3.18. The number of nitrogens with zero attached hydrogens (tertiary/aromatic N) is 2. The van der Waals surface area contributed by atoms with Crippen molar-refractivity contribution in [3.8, 4) is 0 Å². The molecule has 3 rings (SSSR count). The average molecular weight is 338 g/mol. The fourth-order valence-electron chi connectivity index (χ4n) is 3.05. The third-order valence-corrected chi connectivity index (χ3v) is 6.18. The highest BCUT2D eigenvalue weighted by Crippen LogP contribution is 2.41. The van der Waals surface area contributed by atoms with E-state index in [1.165, 1.54) is 4.90 Å². The first-order chi connectivity index (χ1) is 10.9. The number of amides is 1. The number of carboxylic acid groups (broad SMARTS) is 1. The van der Waals surface area contributed by atoms with Crippen LogP contribution in [0.3, 0.4) is 0 Å². The van der Waals surface area contributed by atoms with Gasteiger partial charge in [0.05, 0.1) is 23.3 Å². The first kappa shape index (κ1) is 15.9. The predicted octanol–water partition coefficient (Wildman–Crippen LogP) is 0.318. The van der Waals surface area contributed by atoms with E-state index in [2.05, 4.69) is 4.98 Å². The van der Waals surface area contributed by atoms with E-state index >= 15 is 0 Å². The first-order valence-electron chi connectivity index (χ1n) is 7.50. The summed E-state index contributed by atoms with van der Waals surface area (Å²) < 4.78 is 23.5. The highest BCUT2D eigenvalue weighted by Gasteiger charge is 2.51. The Bertz CT molecular complexity index is 719. The molecule has 1 aromatic rings. The van der Waals surface area contributed by atoms with Crippen LogP contribution in [0.5, 0.6) is 0 Å². The number of hydrogen-bond donors (Lipinski definition) is 1. The Morgan fingerprint density at radius 2 is 2.13 bits per heavy atom. The van der Waals surface area contributed by atoms with Gasteiger partial charge >= 0.3 is 5.97 Å². The summed E-state index contributed by atoms with van der Waals surface area (Å²) in [6.45, 7) is 0.260. The Morgan fingerprint density at radius 1 is 1.35 bits per heavy atom. The van der Waals surface area contributed by atoms with Crippen LogP contribution < -0.4 is 0 Å². The summed E-state index contributed by atoms with van der Waals surface area (Å²) in [5.74, 6) is -2.39. The largest absolute Gasteiger partial charge is 0.481 e. The molecule has 8 heteroatoms. The van der Waals surface area contributed by atoms with Gasteiger partial charge in [0.15, 0.2) is 9.84 Å². The lowest BCUT2D eigenvalue weighted by molar-refractivity contribution is -0.142. The van der Waals surface area contributed by atoms with Crippen molar-refractivity contribution in [1.29, 1.82) is 0 Å². The highest BCUT2D eigenvalue weighted by molar-refractivity contribution is 7.91.